The van der Waals surface area contributed by atoms with Gasteiger partial charge in [0, 0.05) is 29.7 Å². The van der Waals surface area contributed by atoms with Crippen molar-refractivity contribution < 1.29 is 33.6 Å². The number of nitro groups is 1. The number of amides is 2. The molecule has 1 aliphatic rings. The fourth-order valence-corrected chi connectivity index (χ4v) is 3.77. The summed E-state index contributed by atoms with van der Waals surface area (Å²) in [6, 6.07) is 18.5. The summed E-state index contributed by atoms with van der Waals surface area (Å²) in [6.45, 7) is 1.27. The number of Topliss-reactive ketones (excluding diaryl/α,β-unsaturated/α-hetero) is 1. The molecule has 0 unspecified atom stereocenters. The lowest BCUT2D eigenvalue weighted by Crippen LogP contribution is -2.43. The minimum atomic E-state index is -0.814. The molecule has 0 radical (unpaired) electrons. The Morgan fingerprint density at radius 1 is 1.00 bits per heavy atom. The topological polar surface area (TPSA) is 145 Å². The van der Waals surface area contributed by atoms with Crippen LogP contribution in [0.4, 0.5) is 5.69 Å². The highest BCUT2D eigenvalue weighted by atomic mass is 16.6. The summed E-state index contributed by atoms with van der Waals surface area (Å²) in [7, 11) is 0. The van der Waals surface area contributed by atoms with Gasteiger partial charge in [-0.3, -0.25) is 39.7 Å². The second-order valence-electron chi connectivity index (χ2n) is 8.62. The zero-order valence-electron chi connectivity index (χ0n) is 20.3. The smallest absolute Gasteiger partial charge is 0.311 e. The van der Waals surface area contributed by atoms with Crippen molar-refractivity contribution in [3.05, 3.63) is 99.6 Å². The van der Waals surface area contributed by atoms with E-state index in [4.69, 9.17) is 9.47 Å². The molecule has 3 aromatic carbocycles. The van der Waals surface area contributed by atoms with Crippen LogP contribution in [-0.4, -0.2) is 46.7 Å². The van der Waals surface area contributed by atoms with Crippen molar-refractivity contribution in [3.63, 3.8) is 0 Å². The molecule has 3 aromatic rings. The fourth-order valence-electron chi connectivity index (χ4n) is 3.77. The van der Waals surface area contributed by atoms with Crippen LogP contribution in [0.5, 0.6) is 11.5 Å². The molecule has 38 heavy (non-hydrogen) atoms. The second kappa shape index (κ2) is 11.3. The lowest BCUT2D eigenvalue weighted by atomic mass is 10.1. The summed E-state index contributed by atoms with van der Waals surface area (Å²) in [5.74, 6) is -2.07. The van der Waals surface area contributed by atoms with E-state index in [-0.39, 0.29) is 24.2 Å². The number of hydrazine groups is 1. The van der Waals surface area contributed by atoms with Crippen molar-refractivity contribution in [2.75, 3.05) is 13.2 Å². The SMILES string of the molecule is Cc1cccc(C(=O)NN2C[C@H](C(=O)OCC(=O)c3ccc(Oc4ccc([N+](=O)[O-])cc4)cc3)CC2=O)c1. The van der Waals surface area contributed by atoms with Crippen molar-refractivity contribution in [2.24, 2.45) is 5.92 Å². The summed E-state index contributed by atoms with van der Waals surface area (Å²) < 4.78 is 10.7. The molecule has 11 nitrogen and oxygen atoms in total. The maximum absolute atomic E-state index is 12.5. The summed E-state index contributed by atoms with van der Waals surface area (Å²) in [4.78, 5) is 59.9. The molecule has 1 aliphatic heterocycles. The van der Waals surface area contributed by atoms with Crippen LogP contribution in [-0.2, 0) is 14.3 Å². The van der Waals surface area contributed by atoms with E-state index in [0.717, 1.165) is 10.6 Å². The van der Waals surface area contributed by atoms with E-state index in [2.05, 4.69) is 5.43 Å². The van der Waals surface area contributed by atoms with Crippen LogP contribution < -0.4 is 10.2 Å². The van der Waals surface area contributed by atoms with Crippen LogP contribution in [0.15, 0.2) is 72.8 Å². The maximum atomic E-state index is 12.5. The highest BCUT2D eigenvalue weighted by molar-refractivity contribution is 5.99. The third kappa shape index (κ3) is 6.38. The minimum Gasteiger partial charge on any atom is -0.457 e. The molecular weight excluding hydrogens is 494 g/mol. The maximum Gasteiger partial charge on any atom is 0.311 e. The summed E-state index contributed by atoms with van der Waals surface area (Å²) in [6.07, 6.45) is -0.143. The highest BCUT2D eigenvalue weighted by Gasteiger charge is 2.36. The van der Waals surface area contributed by atoms with Gasteiger partial charge in [0.05, 0.1) is 17.4 Å². The molecule has 1 saturated heterocycles. The fraction of sp³-hybridized carbons (Fsp3) is 0.185. The number of carbonyl (C=O) groups is 4. The number of nitrogens with one attached hydrogen (secondary N) is 1. The molecular formula is C27H23N3O8. The number of hydrogen-bond acceptors (Lipinski definition) is 8. The number of non-ortho nitro benzene ring substituents is 1. The summed E-state index contributed by atoms with van der Waals surface area (Å²) in [5, 5.41) is 11.8. The normalized spacial score (nSPS) is 14.6. The van der Waals surface area contributed by atoms with Crippen LogP contribution in [0.2, 0.25) is 0 Å². The third-order valence-electron chi connectivity index (χ3n) is 5.78. The van der Waals surface area contributed by atoms with Crippen LogP contribution in [0.25, 0.3) is 0 Å². The van der Waals surface area contributed by atoms with E-state index in [1.54, 1.807) is 30.3 Å². The molecule has 1 atom stereocenters. The van der Waals surface area contributed by atoms with Gasteiger partial charge in [0.1, 0.15) is 11.5 Å². The molecule has 0 aliphatic carbocycles. The number of benzene rings is 3. The molecule has 0 bridgehead atoms. The number of nitro benzene ring substituents is 1. The summed E-state index contributed by atoms with van der Waals surface area (Å²) in [5.41, 5.74) is 4.01. The largest absolute Gasteiger partial charge is 0.457 e. The molecule has 1 N–H and O–H groups in total. The van der Waals surface area contributed by atoms with Gasteiger partial charge >= 0.3 is 5.97 Å². The van der Waals surface area contributed by atoms with Gasteiger partial charge in [0.25, 0.3) is 11.6 Å². The van der Waals surface area contributed by atoms with E-state index in [1.165, 1.54) is 36.4 Å². The average molecular weight is 517 g/mol. The van der Waals surface area contributed by atoms with E-state index in [9.17, 15) is 29.3 Å². The Morgan fingerprint density at radius 3 is 2.29 bits per heavy atom. The van der Waals surface area contributed by atoms with E-state index >= 15 is 0 Å². The van der Waals surface area contributed by atoms with Gasteiger partial charge in [-0.2, -0.15) is 0 Å². The standard InChI is InChI=1S/C27H23N3O8/c1-17-3-2-4-19(13-17)26(33)28-29-15-20(14-25(29)32)27(34)37-16-24(31)18-5-9-22(10-6-18)38-23-11-7-21(8-12-23)30(35)36/h2-13,20H,14-16H2,1H3,(H,28,33)/t20-/m1/s1. The number of carbonyl (C=O) groups excluding carboxylic acids is 4. The van der Waals surface area contributed by atoms with Gasteiger partial charge in [-0.25, -0.2) is 0 Å². The molecule has 2 amide bonds. The molecule has 1 heterocycles. The first-order chi connectivity index (χ1) is 18.2. The Labute approximate surface area is 217 Å². The van der Waals surface area contributed by atoms with Gasteiger partial charge in [0.15, 0.2) is 12.4 Å². The van der Waals surface area contributed by atoms with E-state index in [0.29, 0.717) is 17.1 Å². The lowest BCUT2D eigenvalue weighted by Gasteiger charge is -2.17. The molecule has 1 fully saturated rings. The molecule has 0 spiro atoms. The highest BCUT2D eigenvalue weighted by Crippen LogP contribution is 2.24. The van der Waals surface area contributed by atoms with Crippen molar-refractivity contribution >= 4 is 29.3 Å². The van der Waals surface area contributed by atoms with Crippen molar-refractivity contribution in [1.82, 2.24) is 10.4 Å². The van der Waals surface area contributed by atoms with Gasteiger partial charge in [0.2, 0.25) is 5.91 Å². The average Bonchev–Trinajstić information content (AvgIpc) is 3.27. The quantitative estimate of drug-likeness (QED) is 0.196. The number of hydrogen-bond donors (Lipinski definition) is 1. The first-order valence-electron chi connectivity index (χ1n) is 11.6. The molecule has 11 heteroatoms. The Morgan fingerprint density at radius 2 is 1.66 bits per heavy atom. The first kappa shape index (κ1) is 26.0. The Kier molecular flexibility index (Phi) is 7.76. The van der Waals surface area contributed by atoms with Crippen LogP contribution in [0, 0.1) is 23.0 Å². The molecule has 4 rings (SSSR count). The Bertz CT molecular complexity index is 1390. The Balaban J connectivity index is 1.26. The number of esters is 1. The lowest BCUT2D eigenvalue weighted by molar-refractivity contribution is -0.384. The first-order valence-corrected chi connectivity index (χ1v) is 11.6. The predicted octanol–water partition coefficient (Wildman–Crippen LogP) is 3.61. The zero-order valence-corrected chi connectivity index (χ0v) is 20.3. The van der Waals surface area contributed by atoms with Gasteiger partial charge in [-0.1, -0.05) is 17.7 Å². The van der Waals surface area contributed by atoms with Gasteiger partial charge in [-0.15, -0.1) is 0 Å². The molecule has 194 valence electrons. The molecule has 0 aromatic heterocycles. The number of nitrogens with zero attached hydrogens (tertiary/aromatic N) is 2. The van der Waals surface area contributed by atoms with Crippen molar-refractivity contribution in [2.45, 2.75) is 13.3 Å². The van der Waals surface area contributed by atoms with E-state index < -0.39 is 41.0 Å². The van der Waals surface area contributed by atoms with Crippen LogP contribution in [0.3, 0.4) is 0 Å². The van der Waals surface area contributed by atoms with Gasteiger partial charge in [-0.05, 0) is 55.5 Å². The van der Waals surface area contributed by atoms with Crippen molar-refractivity contribution in [1.29, 1.82) is 0 Å². The van der Waals surface area contributed by atoms with Crippen LogP contribution >= 0.6 is 0 Å². The summed E-state index contributed by atoms with van der Waals surface area (Å²) >= 11 is 0. The number of ketones is 1. The number of rotatable bonds is 9. The minimum absolute atomic E-state index is 0.0574. The molecule has 0 saturated carbocycles. The third-order valence-corrected chi connectivity index (χ3v) is 5.78. The Hall–Kier alpha value is -5.06. The monoisotopic (exact) mass is 517 g/mol. The van der Waals surface area contributed by atoms with Crippen molar-refractivity contribution in [3.8, 4) is 11.5 Å². The van der Waals surface area contributed by atoms with Crippen LogP contribution in [0.1, 0.15) is 32.7 Å². The van der Waals surface area contributed by atoms with E-state index in [1.807, 2.05) is 13.0 Å². The zero-order chi connectivity index (χ0) is 27.2. The predicted molar refractivity (Wildman–Crippen MR) is 133 cm³/mol. The number of ether oxygens (including phenoxy) is 2. The van der Waals surface area contributed by atoms with Gasteiger partial charge < -0.3 is 9.47 Å². The number of aryl methyl sites for hydroxylation is 1. The second-order valence-corrected chi connectivity index (χ2v) is 8.62.